The smallest absolute Gasteiger partial charge is 0.0280 e. The maximum atomic E-state index is 5.59. The van der Waals surface area contributed by atoms with Crippen molar-refractivity contribution in [1.82, 2.24) is 5.09 Å². The summed E-state index contributed by atoms with van der Waals surface area (Å²) in [7, 11) is -0.474. The van der Waals surface area contributed by atoms with Crippen molar-refractivity contribution in [3.63, 3.8) is 0 Å². The van der Waals surface area contributed by atoms with Gasteiger partial charge in [-0.15, -0.1) is 0 Å². The molecule has 11 heavy (non-hydrogen) atoms. The van der Waals surface area contributed by atoms with Crippen molar-refractivity contribution >= 4 is 8.22 Å². The lowest BCUT2D eigenvalue weighted by Crippen LogP contribution is -2.10. The van der Waals surface area contributed by atoms with Gasteiger partial charge in [0.05, 0.1) is 0 Å². The summed E-state index contributed by atoms with van der Waals surface area (Å²) in [5.74, 6) is 0. The lowest BCUT2D eigenvalue weighted by Gasteiger charge is -2.06. The molecule has 3 N–H and O–H groups in total. The van der Waals surface area contributed by atoms with Gasteiger partial charge in [-0.1, -0.05) is 30.3 Å². The number of benzene rings is 1. The molecule has 1 atom stereocenters. The molecule has 0 saturated carbocycles. The van der Waals surface area contributed by atoms with E-state index in [0.29, 0.717) is 0 Å². The summed E-state index contributed by atoms with van der Waals surface area (Å²) in [6.45, 7) is 2.87. The Balaban J connectivity index is 2.39. The molecule has 0 bridgehead atoms. The van der Waals surface area contributed by atoms with E-state index in [4.69, 9.17) is 5.50 Å². The normalized spacial score (nSPS) is 12.9. The molecule has 0 amide bonds. The minimum atomic E-state index is -0.474. The Morgan fingerprint density at radius 3 is 2.55 bits per heavy atom. The Morgan fingerprint density at radius 2 is 2.00 bits per heavy atom. The van der Waals surface area contributed by atoms with Gasteiger partial charge in [-0.25, -0.2) is 0 Å². The molecule has 0 aliphatic heterocycles. The summed E-state index contributed by atoms with van der Waals surface area (Å²) >= 11 is 0. The predicted molar refractivity (Wildman–Crippen MR) is 50.3 cm³/mol. The quantitative estimate of drug-likeness (QED) is 0.674. The molecule has 60 valence electrons. The summed E-state index contributed by atoms with van der Waals surface area (Å²) in [4.78, 5) is 0. The highest BCUT2D eigenvalue weighted by molar-refractivity contribution is 7.52. The van der Waals surface area contributed by atoms with Crippen molar-refractivity contribution in [1.29, 1.82) is 0 Å². The third-order valence-corrected chi connectivity index (χ3v) is 2.03. The van der Waals surface area contributed by atoms with E-state index in [0.717, 1.165) is 6.54 Å². The van der Waals surface area contributed by atoms with E-state index in [1.54, 1.807) is 0 Å². The van der Waals surface area contributed by atoms with Crippen molar-refractivity contribution in [2.45, 2.75) is 6.54 Å². The predicted octanol–water partition coefficient (Wildman–Crippen LogP) is 1.68. The fourth-order valence-corrected chi connectivity index (χ4v) is 1.24. The van der Waals surface area contributed by atoms with Crippen LogP contribution < -0.4 is 10.6 Å². The largest absolute Gasteiger partial charge is 0.298 e. The van der Waals surface area contributed by atoms with E-state index in [-0.39, 0.29) is 0 Å². The van der Waals surface area contributed by atoms with Crippen molar-refractivity contribution < 1.29 is 0 Å². The topological polar surface area (TPSA) is 38.0 Å². The zero-order chi connectivity index (χ0) is 8.10. The van der Waals surface area contributed by atoms with Crippen LogP contribution in [0.25, 0.3) is 0 Å². The van der Waals surface area contributed by atoms with E-state index < -0.39 is 8.22 Å². The summed E-state index contributed by atoms with van der Waals surface area (Å²) in [5.41, 5.74) is 6.88. The lowest BCUT2D eigenvalue weighted by molar-refractivity contribution is 0.959. The molecule has 0 fully saturated rings. The van der Waals surface area contributed by atoms with E-state index in [2.05, 4.69) is 17.2 Å². The number of hydrogen-bond acceptors (Lipinski definition) is 2. The Hall–Kier alpha value is -0.430. The Bertz CT molecular complexity index is 199. The highest BCUT2D eigenvalue weighted by Gasteiger charge is 1.92. The first-order valence-electron chi connectivity index (χ1n) is 3.55. The Morgan fingerprint density at radius 1 is 1.36 bits per heavy atom. The van der Waals surface area contributed by atoms with Gasteiger partial charge in [0.25, 0.3) is 0 Å². The van der Waals surface area contributed by atoms with Crippen LogP contribution in [-0.2, 0) is 6.54 Å². The molecular weight excluding hydrogens is 155 g/mol. The van der Waals surface area contributed by atoms with Gasteiger partial charge < -0.3 is 0 Å². The average Bonchev–Trinajstić information content (AvgIpc) is 2.03. The lowest BCUT2D eigenvalue weighted by atomic mass is 10.2. The second-order valence-electron chi connectivity index (χ2n) is 2.43. The van der Waals surface area contributed by atoms with Crippen molar-refractivity contribution in [2.75, 3.05) is 6.66 Å². The maximum Gasteiger partial charge on any atom is 0.0280 e. The van der Waals surface area contributed by atoms with Gasteiger partial charge in [0.15, 0.2) is 0 Å². The van der Waals surface area contributed by atoms with Crippen LogP contribution >= 0.6 is 8.22 Å². The van der Waals surface area contributed by atoms with E-state index >= 15 is 0 Å². The standard InChI is InChI=1S/C8H13N2P/c1-11(9)10-7-8-5-3-2-4-6-8/h2-6,10H,7,9H2,1H3. The second-order valence-corrected chi connectivity index (χ2v) is 3.97. The summed E-state index contributed by atoms with van der Waals surface area (Å²) in [5, 5.41) is 3.20. The van der Waals surface area contributed by atoms with Crippen LogP contribution in [0.15, 0.2) is 30.3 Å². The van der Waals surface area contributed by atoms with Crippen molar-refractivity contribution in [3.05, 3.63) is 35.9 Å². The molecule has 1 unspecified atom stereocenters. The van der Waals surface area contributed by atoms with Gasteiger partial charge in [0.1, 0.15) is 0 Å². The van der Waals surface area contributed by atoms with Crippen LogP contribution in [0, 0.1) is 0 Å². The zero-order valence-electron chi connectivity index (χ0n) is 6.62. The minimum Gasteiger partial charge on any atom is -0.298 e. The van der Waals surface area contributed by atoms with Crippen LogP contribution in [0.2, 0.25) is 0 Å². The monoisotopic (exact) mass is 168 g/mol. The molecule has 0 heterocycles. The number of hydrogen-bond donors (Lipinski definition) is 2. The fourth-order valence-electron chi connectivity index (χ4n) is 0.812. The molecule has 2 nitrogen and oxygen atoms in total. The van der Waals surface area contributed by atoms with E-state index in [1.807, 2.05) is 24.9 Å². The number of nitrogens with two attached hydrogens (primary N) is 1. The molecule has 0 radical (unpaired) electrons. The van der Waals surface area contributed by atoms with Crippen LogP contribution in [0.4, 0.5) is 0 Å². The maximum absolute atomic E-state index is 5.59. The summed E-state index contributed by atoms with van der Waals surface area (Å²) < 4.78 is 0. The molecule has 1 rings (SSSR count). The molecule has 0 aromatic heterocycles. The van der Waals surface area contributed by atoms with E-state index in [1.165, 1.54) is 5.56 Å². The molecule has 0 aliphatic carbocycles. The third-order valence-electron chi connectivity index (χ3n) is 1.38. The summed E-state index contributed by atoms with van der Waals surface area (Å²) in [6.07, 6.45) is 0. The van der Waals surface area contributed by atoms with E-state index in [9.17, 15) is 0 Å². The highest BCUT2D eigenvalue weighted by atomic mass is 31.1. The molecule has 1 aromatic carbocycles. The summed E-state index contributed by atoms with van der Waals surface area (Å²) in [6, 6.07) is 10.3. The molecule has 3 heteroatoms. The van der Waals surface area contributed by atoms with Crippen LogP contribution in [0.3, 0.4) is 0 Å². The number of nitrogens with one attached hydrogen (secondary N) is 1. The fraction of sp³-hybridized carbons (Fsp3) is 0.250. The molecule has 1 aromatic rings. The SMILES string of the molecule is CP(N)NCc1ccccc1. The molecule has 0 spiro atoms. The van der Waals surface area contributed by atoms with Gasteiger partial charge in [-0.3, -0.25) is 10.6 Å². The van der Waals surface area contributed by atoms with Crippen LogP contribution in [-0.4, -0.2) is 6.66 Å². The van der Waals surface area contributed by atoms with Crippen molar-refractivity contribution in [3.8, 4) is 0 Å². The average molecular weight is 168 g/mol. The second kappa shape index (κ2) is 4.45. The third kappa shape index (κ3) is 3.47. The molecule has 0 aliphatic rings. The van der Waals surface area contributed by atoms with Gasteiger partial charge in [0, 0.05) is 14.8 Å². The first-order valence-corrected chi connectivity index (χ1v) is 5.40. The van der Waals surface area contributed by atoms with Gasteiger partial charge in [0.2, 0.25) is 0 Å². The Kier molecular flexibility index (Phi) is 3.50. The molecular formula is C8H13N2P. The van der Waals surface area contributed by atoms with Crippen LogP contribution in [0.5, 0.6) is 0 Å². The zero-order valence-corrected chi connectivity index (χ0v) is 7.51. The minimum absolute atomic E-state index is 0.474. The molecule has 0 saturated heterocycles. The van der Waals surface area contributed by atoms with Crippen LogP contribution in [0.1, 0.15) is 5.56 Å². The van der Waals surface area contributed by atoms with Gasteiger partial charge >= 0.3 is 0 Å². The van der Waals surface area contributed by atoms with Gasteiger partial charge in [-0.05, 0) is 12.2 Å². The van der Waals surface area contributed by atoms with Crippen molar-refractivity contribution in [2.24, 2.45) is 5.50 Å². The Labute approximate surface area is 68.7 Å². The van der Waals surface area contributed by atoms with Gasteiger partial charge in [-0.2, -0.15) is 0 Å². The first-order chi connectivity index (χ1) is 5.29. The first kappa shape index (κ1) is 8.66. The highest BCUT2D eigenvalue weighted by Crippen LogP contribution is 2.12. The number of rotatable bonds is 3.